The molecule has 0 aliphatic heterocycles. The van der Waals surface area contributed by atoms with Crippen LogP contribution in [0.5, 0.6) is 5.75 Å². The fraction of sp³-hybridized carbons (Fsp3) is 0.462. The molecule has 8 nitrogen and oxygen atoms in total. The van der Waals surface area contributed by atoms with E-state index >= 15 is 0 Å². The van der Waals surface area contributed by atoms with E-state index in [9.17, 15) is 18.0 Å². The van der Waals surface area contributed by atoms with E-state index in [1.807, 2.05) is 42.5 Å². The van der Waals surface area contributed by atoms with Gasteiger partial charge in [-0.3, -0.25) is 9.59 Å². The maximum absolute atomic E-state index is 13.5. The van der Waals surface area contributed by atoms with Crippen molar-refractivity contribution in [2.75, 3.05) is 26.5 Å². The van der Waals surface area contributed by atoms with Crippen molar-refractivity contribution in [3.05, 3.63) is 65.7 Å². The molecule has 192 valence electrons. The van der Waals surface area contributed by atoms with Crippen molar-refractivity contribution in [1.82, 2.24) is 14.5 Å². The summed E-state index contributed by atoms with van der Waals surface area (Å²) >= 11 is 0. The van der Waals surface area contributed by atoms with Gasteiger partial charge in [0.1, 0.15) is 11.8 Å². The Morgan fingerprint density at radius 3 is 2.17 bits per heavy atom. The molecule has 2 rings (SSSR count). The first-order valence-corrected chi connectivity index (χ1v) is 13.7. The first kappa shape index (κ1) is 28.3. The van der Waals surface area contributed by atoms with Crippen molar-refractivity contribution in [3.63, 3.8) is 0 Å². The van der Waals surface area contributed by atoms with Gasteiger partial charge in [-0.15, -0.1) is 0 Å². The third-order valence-electron chi connectivity index (χ3n) is 5.74. The van der Waals surface area contributed by atoms with Crippen LogP contribution in [0.25, 0.3) is 0 Å². The molecule has 2 aromatic carbocycles. The number of amides is 2. The van der Waals surface area contributed by atoms with Crippen LogP contribution >= 0.6 is 0 Å². The van der Waals surface area contributed by atoms with Gasteiger partial charge in [0.25, 0.3) is 0 Å². The molecule has 0 heterocycles. The average molecular weight is 504 g/mol. The monoisotopic (exact) mass is 503 g/mol. The first-order valence-electron chi connectivity index (χ1n) is 11.8. The Morgan fingerprint density at radius 1 is 0.971 bits per heavy atom. The van der Waals surface area contributed by atoms with E-state index in [0.717, 1.165) is 41.0 Å². The number of hydrogen-bond acceptors (Lipinski definition) is 5. The summed E-state index contributed by atoms with van der Waals surface area (Å²) in [7, 11) is -2.10. The van der Waals surface area contributed by atoms with Crippen LogP contribution in [-0.4, -0.2) is 61.9 Å². The van der Waals surface area contributed by atoms with E-state index in [2.05, 4.69) is 12.2 Å². The minimum absolute atomic E-state index is 0.0688. The van der Waals surface area contributed by atoms with E-state index in [1.54, 1.807) is 26.2 Å². The second kappa shape index (κ2) is 13.8. The van der Waals surface area contributed by atoms with Gasteiger partial charge in [0.05, 0.1) is 19.9 Å². The van der Waals surface area contributed by atoms with Gasteiger partial charge in [-0.1, -0.05) is 62.2 Å². The molecule has 0 aliphatic rings. The molecule has 0 fully saturated rings. The molecule has 0 aromatic heterocycles. The molecule has 0 saturated carbocycles. The number of nitrogens with one attached hydrogen (secondary N) is 1. The van der Waals surface area contributed by atoms with E-state index in [4.69, 9.17) is 4.74 Å². The number of carbonyl (C=O) groups is 2. The minimum Gasteiger partial charge on any atom is -0.497 e. The van der Waals surface area contributed by atoms with E-state index in [-0.39, 0.29) is 25.5 Å². The predicted octanol–water partition coefficient (Wildman–Crippen LogP) is 3.18. The molecular formula is C26H37N3O5S. The summed E-state index contributed by atoms with van der Waals surface area (Å²) in [6.07, 6.45) is 3.99. The van der Waals surface area contributed by atoms with Gasteiger partial charge in [-0.25, -0.2) is 8.42 Å². The van der Waals surface area contributed by atoms with Gasteiger partial charge in [0.2, 0.25) is 21.8 Å². The molecule has 0 aliphatic carbocycles. The SMILES string of the molecule is CCCCCNC(=O)C(C)N(Cc1ccc(OC)cc1)C(=O)CN(Cc1ccccc1)S(C)(=O)=O. The number of ether oxygens (including phenoxy) is 1. The van der Waals surface area contributed by atoms with Gasteiger partial charge in [0.15, 0.2) is 0 Å². The van der Waals surface area contributed by atoms with Gasteiger partial charge in [-0.05, 0) is 36.6 Å². The number of methoxy groups -OCH3 is 1. The number of nitrogens with zero attached hydrogens (tertiary/aromatic N) is 2. The molecule has 0 spiro atoms. The highest BCUT2D eigenvalue weighted by molar-refractivity contribution is 7.88. The fourth-order valence-electron chi connectivity index (χ4n) is 3.56. The standard InChI is InChI=1S/C26H37N3O5S/c1-5-6-10-17-27-26(31)21(2)29(19-23-13-15-24(34-3)16-14-23)25(30)20-28(35(4,32)33)18-22-11-8-7-9-12-22/h7-9,11-16,21H,5-6,10,17-20H2,1-4H3,(H,27,31). The number of rotatable bonds is 14. The van der Waals surface area contributed by atoms with E-state index < -0.39 is 22.0 Å². The largest absolute Gasteiger partial charge is 0.497 e. The molecule has 0 bridgehead atoms. The van der Waals surface area contributed by atoms with Crippen LogP contribution in [0.15, 0.2) is 54.6 Å². The topological polar surface area (TPSA) is 96.0 Å². The van der Waals surface area contributed by atoms with Crippen LogP contribution in [0.4, 0.5) is 0 Å². The van der Waals surface area contributed by atoms with Crippen molar-refractivity contribution in [2.24, 2.45) is 0 Å². The molecule has 0 radical (unpaired) electrons. The third-order valence-corrected chi connectivity index (χ3v) is 6.94. The number of hydrogen-bond donors (Lipinski definition) is 1. The zero-order chi connectivity index (χ0) is 25.8. The van der Waals surface area contributed by atoms with Gasteiger partial charge in [0, 0.05) is 19.6 Å². The average Bonchev–Trinajstić information content (AvgIpc) is 2.84. The molecule has 1 atom stereocenters. The molecule has 2 amide bonds. The van der Waals surface area contributed by atoms with Gasteiger partial charge in [-0.2, -0.15) is 4.31 Å². The highest BCUT2D eigenvalue weighted by Gasteiger charge is 2.29. The maximum Gasteiger partial charge on any atom is 0.242 e. The zero-order valence-corrected chi connectivity index (χ0v) is 21.9. The Labute approximate surface area is 209 Å². The molecule has 35 heavy (non-hydrogen) atoms. The fourth-order valence-corrected chi connectivity index (χ4v) is 4.29. The molecule has 9 heteroatoms. The highest BCUT2D eigenvalue weighted by Crippen LogP contribution is 2.16. The number of sulfonamides is 1. The van der Waals surface area contributed by atoms with Crippen LogP contribution in [-0.2, 0) is 32.7 Å². The van der Waals surface area contributed by atoms with Crippen molar-refractivity contribution >= 4 is 21.8 Å². The number of carbonyl (C=O) groups excluding carboxylic acids is 2. The highest BCUT2D eigenvalue weighted by atomic mass is 32.2. The molecule has 1 unspecified atom stereocenters. The maximum atomic E-state index is 13.5. The number of unbranched alkanes of at least 4 members (excludes halogenated alkanes) is 2. The summed E-state index contributed by atoms with van der Waals surface area (Å²) < 4.78 is 31.3. The molecular weight excluding hydrogens is 466 g/mol. The van der Waals surface area contributed by atoms with Crippen LogP contribution in [0.1, 0.15) is 44.2 Å². The third kappa shape index (κ3) is 9.33. The summed E-state index contributed by atoms with van der Waals surface area (Å²) in [5.74, 6) is -0.0326. The lowest BCUT2D eigenvalue weighted by molar-refractivity contribution is -0.140. The minimum atomic E-state index is -3.67. The lowest BCUT2D eigenvalue weighted by Gasteiger charge is -2.31. The Kier molecular flexibility index (Phi) is 11.2. The van der Waals surface area contributed by atoms with Crippen LogP contribution in [0, 0.1) is 0 Å². The summed E-state index contributed by atoms with van der Waals surface area (Å²) in [5.41, 5.74) is 1.58. The molecule has 2 aromatic rings. The van der Waals surface area contributed by atoms with Crippen LogP contribution in [0.2, 0.25) is 0 Å². The number of benzene rings is 2. The Bertz CT molecular complexity index is 1040. The van der Waals surface area contributed by atoms with Gasteiger partial charge < -0.3 is 15.0 Å². The normalized spacial score (nSPS) is 12.3. The van der Waals surface area contributed by atoms with Crippen molar-refractivity contribution in [3.8, 4) is 5.75 Å². The predicted molar refractivity (Wildman–Crippen MR) is 137 cm³/mol. The first-order chi connectivity index (χ1) is 16.7. The second-order valence-electron chi connectivity index (χ2n) is 8.56. The summed E-state index contributed by atoms with van der Waals surface area (Å²) in [6, 6.07) is 15.5. The summed E-state index contributed by atoms with van der Waals surface area (Å²) in [4.78, 5) is 27.7. The zero-order valence-electron chi connectivity index (χ0n) is 21.1. The summed E-state index contributed by atoms with van der Waals surface area (Å²) in [6.45, 7) is 4.15. The second-order valence-corrected chi connectivity index (χ2v) is 10.5. The van der Waals surface area contributed by atoms with Crippen LogP contribution < -0.4 is 10.1 Å². The van der Waals surface area contributed by atoms with Crippen molar-refractivity contribution < 1.29 is 22.7 Å². The quantitative estimate of drug-likeness (QED) is 0.400. The summed E-state index contributed by atoms with van der Waals surface area (Å²) in [5, 5.41) is 2.90. The van der Waals surface area contributed by atoms with E-state index in [1.165, 1.54) is 4.90 Å². The Morgan fingerprint density at radius 2 is 1.60 bits per heavy atom. The smallest absolute Gasteiger partial charge is 0.242 e. The Balaban J connectivity index is 2.24. The van der Waals surface area contributed by atoms with Crippen molar-refractivity contribution in [1.29, 1.82) is 0 Å². The molecule has 0 saturated heterocycles. The van der Waals surface area contributed by atoms with E-state index in [0.29, 0.717) is 12.3 Å². The molecule has 1 N–H and O–H groups in total. The Hall–Kier alpha value is -2.91. The van der Waals surface area contributed by atoms with Gasteiger partial charge >= 0.3 is 0 Å². The lowest BCUT2D eigenvalue weighted by Crippen LogP contribution is -2.51. The lowest BCUT2D eigenvalue weighted by atomic mass is 10.1. The van der Waals surface area contributed by atoms with Crippen molar-refractivity contribution in [2.45, 2.75) is 52.2 Å². The van der Waals surface area contributed by atoms with Crippen LogP contribution in [0.3, 0.4) is 0 Å².